The molecule has 3 aromatic carbocycles. The Balaban J connectivity index is 1.60. The summed E-state index contributed by atoms with van der Waals surface area (Å²) in [6.45, 7) is 1.99. The predicted molar refractivity (Wildman–Crippen MR) is 115 cm³/mol. The van der Waals surface area contributed by atoms with Crippen LogP contribution in [0.5, 0.6) is 0 Å². The van der Waals surface area contributed by atoms with Gasteiger partial charge in [-0.15, -0.1) is 11.8 Å². The number of thioether (sulfide) groups is 1. The van der Waals surface area contributed by atoms with Gasteiger partial charge in [0.1, 0.15) is 11.2 Å². The molecule has 0 aliphatic carbocycles. The maximum absolute atomic E-state index is 13.9. The molecule has 29 heavy (non-hydrogen) atoms. The Bertz CT molecular complexity index is 1090. The van der Waals surface area contributed by atoms with E-state index in [1.807, 2.05) is 49.4 Å². The van der Waals surface area contributed by atoms with Gasteiger partial charge in [0.25, 0.3) is 5.91 Å². The SMILES string of the molecule is Cc1cccc(N2C(=O)CS[C@@H]2c2cccc(NC(=O)c3ccccc3F)c2)c1. The minimum atomic E-state index is -0.566. The van der Waals surface area contributed by atoms with E-state index >= 15 is 0 Å². The van der Waals surface area contributed by atoms with Gasteiger partial charge in [-0.2, -0.15) is 0 Å². The molecule has 0 bridgehead atoms. The first-order chi connectivity index (χ1) is 14.0. The van der Waals surface area contributed by atoms with Gasteiger partial charge in [-0.1, -0.05) is 36.4 Å². The zero-order valence-corrected chi connectivity index (χ0v) is 16.6. The second-order valence-corrected chi connectivity index (χ2v) is 7.89. The number of halogens is 1. The average molecular weight is 406 g/mol. The molecule has 0 radical (unpaired) electrons. The van der Waals surface area contributed by atoms with Gasteiger partial charge in [-0.25, -0.2) is 4.39 Å². The van der Waals surface area contributed by atoms with Crippen molar-refractivity contribution in [3.05, 3.63) is 95.3 Å². The minimum absolute atomic E-state index is 0.00953. The molecule has 2 amide bonds. The first-order valence-electron chi connectivity index (χ1n) is 9.19. The molecule has 3 aromatic rings. The number of carbonyl (C=O) groups is 2. The van der Waals surface area contributed by atoms with Crippen LogP contribution in [-0.2, 0) is 4.79 Å². The molecule has 1 heterocycles. The van der Waals surface area contributed by atoms with Crippen LogP contribution in [0.25, 0.3) is 0 Å². The van der Waals surface area contributed by atoms with Gasteiger partial charge in [0.05, 0.1) is 11.3 Å². The van der Waals surface area contributed by atoms with Crippen molar-refractivity contribution in [2.45, 2.75) is 12.3 Å². The van der Waals surface area contributed by atoms with Gasteiger partial charge in [-0.3, -0.25) is 14.5 Å². The largest absolute Gasteiger partial charge is 0.322 e. The molecule has 4 nitrogen and oxygen atoms in total. The molecule has 1 fully saturated rings. The molecular weight excluding hydrogens is 387 g/mol. The molecule has 0 saturated carbocycles. The van der Waals surface area contributed by atoms with E-state index in [2.05, 4.69) is 5.32 Å². The third kappa shape index (κ3) is 4.03. The van der Waals surface area contributed by atoms with Crippen molar-refractivity contribution in [2.24, 2.45) is 0 Å². The van der Waals surface area contributed by atoms with Gasteiger partial charge >= 0.3 is 0 Å². The normalized spacial score (nSPS) is 16.1. The Morgan fingerprint density at radius 2 is 1.86 bits per heavy atom. The van der Waals surface area contributed by atoms with Crippen LogP contribution in [0.4, 0.5) is 15.8 Å². The number of amides is 2. The molecule has 6 heteroatoms. The summed E-state index contributed by atoms with van der Waals surface area (Å²) < 4.78 is 13.9. The van der Waals surface area contributed by atoms with Gasteiger partial charge in [0.15, 0.2) is 0 Å². The van der Waals surface area contributed by atoms with Crippen LogP contribution in [0.15, 0.2) is 72.8 Å². The van der Waals surface area contributed by atoms with E-state index < -0.39 is 11.7 Å². The molecule has 0 unspecified atom stereocenters. The Kier molecular flexibility index (Phi) is 5.36. The van der Waals surface area contributed by atoms with E-state index in [1.165, 1.54) is 12.1 Å². The van der Waals surface area contributed by atoms with E-state index in [0.717, 1.165) is 16.8 Å². The van der Waals surface area contributed by atoms with Crippen LogP contribution < -0.4 is 10.2 Å². The van der Waals surface area contributed by atoms with Crippen molar-refractivity contribution in [1.82, 2.24) is 0 Å². The maximum atomic E-state index is 13.9. The molecule has 1 N–H and O–H groups in total. The fourth-order valence-electron chi connectivity index (χ4n) is 3.34. The van der Waals surface area contributed by atoms with Crippen LogP contribution in [0.2, 0.25) is 0 Å². The van der Waals surface area contributed by atoms with Crippen LogP contribution in [0.1, 0.15) is 26.9 Å². The molecule has 4 rings (SSSR count). The lowest BCUT2D eigenvalue weighted by Gasteiger charge is -2.25. The topological polar surface area (TPSA) is 49.4 Å². The second kappa shape index (κ2) is 8.09. The smallest absolute Gasteiger partial charge is 0.258 e. The Hall–Kier alpha value is -3.12. The first-order valence-corrected chi connectivity index (χ1v) is 10.2. The number of hydrogen-bond donors (Lipinski definition) is 1. The summed E-state index contributed by atoms with van der Waals surface area (Å²) >= 11 is 1.54. The van der Waals surface area contributed by atoms with Crippen molar-refractivity contribution in [1.29, 1.82) is 0 Å². The standard InChI is InChI=1S/C23H19FN2O2S/c1-15-6-4-9-18(12-15)26-21(27)14-29-23(26)16-7-5-8-17(13-16)25-22(28)19-10-2-3-11-20(19)24/h2-13,23H,14H2,1H3,(H,25,28)/t23-/m1/s1. The van der Waals surface area contributed by atoms with Crippen molar-refractivity contribution < 1.29 is 14.0 Å². The first kappa shape index (κ1) is 19.2. The maximum Gasteiger partial charge on any atom is 0.258 e. The van der Waals surface area contributed by atoms with Crippen LogP contribution in [-0.4, -0.2) is 17.6 Å². The lowest BCUT2D eigenvalue weighted by Crippen LogP contribution is -2.27. The molecular formula is C23H19FN2O2S. The summed E-state index contributed by atoms with van der Waals surface area (Å²) in [5.41, 5.74) is 3.38. The lowest BCUT2D eigenvalue weighted by molar-refractivity contribution is -0.115. The number of aryl methyl sites for hydroxylation is 1. The van der Waals surface area contributed by atoms with Crippen molar-refractivity contribution in [3.8, 4) is 0 Å². The Labute approximate surface area is 172 Å². The number of hydrogen-bond acceptors (Lipinski definition) is 3. The molecule has 0 aromatic heterocycles. The molecule has 1 atom stereocenters. The second-order valence-electron chi connectivity index (χ2n) is 6.83. The number of benzene rings is 3. The number of carbonyl (C=O) groups excluding carboxylic acids is 2. The van der Waals surface area contributed by atoms with Crippen LogP contribution in [0, 0.1) is 12.7 Å². The van der Waals surface area contributed by atoms with Crippen LogP contribution >= 0.6 is 11.8 Å². The summed E-state index contributed by atoms with van der Waals surface area (Å²) in [5.74, 6) is -0.634. The number of nitrogens with one attached hydrogen (secondary N) is 1. The van der Waals surface area contributed by atoms with Gasteiger partial charge < -0.3 is 5.32 Å². The summed E-state index contributed by atoms with van der Waals surface area (Å²) in [6.07, 6.45) is 0. The zero-order chi connectivity index (χ0) is 20.4. The third-order valence-corrected chi connectivity index (χ3v) is 5.91. The fourth-order valence-corrected chi connectivity index (χ4v) is 4.51. The van der Waals surface area contributed by atoms with E-state index in [-0.39, 0.29) is 16.8 Å². The van der Waals surface area contributed by atoms with Gasteiger partial charge in [0.2, 0.25) is 5.91 Å². The number of rotatable bonds is 4. The Morgan fingerprint density at radius 1 is 1.07 bits per heavy atom. The quantitative estimate of drug-likeness (QED) is 0.651. The summed E-state index contributed by atoms with van der Waals surface area (Å²) in [6, 6.07) is 21.0. The number of anilines is 2. The van der Waals surface area contributed by atoms with E-state index in [9.17, 15) is 14.0 Å². The molecule has 1 aliphatic rings. The molecule has 1 aliphatic heterocycles. The summed E-state index contributed by atoms with van der Waals surface area (Å²) in [7, 11) is 0. The van der Waals surface area contributed by atoms with Gasteiger partial charge in [0, 0.05) is 11.4 Å². The van der Waals surface area contributed by atoms with Crippen molar-refractivity contribution in [2.75, 3.05) is 16.0 Å². The Morgan fingerprint density at radius 3 is 2.66 bits per heavy atom. The molecule has 146 valence electrons. The monoisotopic (exact) mass is 406 g/mol. The van der Waals surface area contributed by atoms with Gasteiger partial charge in [-0.05, 0) is 54.4 Å². The third-order valence-electron chi connectivity index (χ3n) is 4.70. The fraction of sp³-hybridized carbons (Fsp3) is 0.130. The van der Waals surface area contributed by atoms with E-state index in [0.29, 0.717) is 11.4 Å². The average Bonchev–Trinajstić information content (AvgIpc) is 3.10. The van der Waals surface area contributed by atoms with E-state index in [4.69, 9.17) is 0 Å². The van der Waals surface area contributed by atoms with Crippen molar-refractivity contribution >= 4 is 35.0 Å². The zero-order valence-electron chi connectivity index (χ0n) is 15.8. The molecule has 1 saturated heterocycles. The predicted octanol–water partition coefficient (Wildman–Crippen LogP) is 5.17. The highest BCUT2D eigenvalue weighted by Gasteiger charge is 2.34. The minimum Gasteiger partial charge on any atom is -0.322 e. The van der Waals surface area contributed by atoms with Crippen molar-refractivity contribution in [3.63, 3.8) is 0 Å². The highest BCUT2D eigenvalue weighted by atomic mass is 32.2. The highest BCUT2D eigenvalue weighted by Crippen LogP contribution is 2.42. The number of nitrogens with zero attached hydrogens (tertiary/aromatic N) is 1. The summed E-state index contributed by atoms with van der Waals surface area (Å²) in [4.78, 5) is 26.8. The summed E-state index contributed by atoms with van der Waals surface area (Å²) in [5, 5.41) is 2.56. The highest BCUT2D eigenvalue weighted by molar-refractivity contribution is 8.00. The lowest BCUT2D eigenvalue weighted by atomic mass is 10.1. The molecule has 0 spiro atoms. The van der Waals surface area contributed by atoms with E-state index in [1.54, 1.807) is 34.9 Å². The van der Waals surface area contributed by atoms with Crippen LogP contribution in [0.3, 0.4) is 0 Å².